The second kappa shape index (κ2) is 22.6. The lowest BCUT2D eigenvalue weighted by Crippen LogP contribution is -2.37. The molecule has 0 aromatic rings. The molecule has 0 aromatic carbocycles. The van der Waals surface area contributed by atoms with E-state index in [-0.39, 0.29) is 31.5 Å². The Balaban J connectivity index is -0.000000175. The van der Waals surface area contributed by atoms with Crippen LogP contribution in [0.1, 0.15) is 52.9 Å². The molecular formula is C17H36F6N4O2S. The highest BCUT2D eigenvalue weighted by Crippen LogP contribution is 2.22. The van der Waals surface area contributed by atoms with Gasteiger partial charge in [0.15, 0.2) is 0 Å². The number of halogens is 6. The van der Waals surface area contributed by atoms with Crippen molar-refractivity contribution in [3.63, 3.8) is 0 Å². The maximum atomic E-state index is 11.6. The van der Waals surface area contributed by atoms with Gasteiger partial charge in [-0.15, -0.1) is 0 Å². The average molecular weight is 475 g/mol. The molecule has 30 heavy (non-hydrogen) atoms. The molecule has 0 bridgehead atoms. The number of nitrogens with one attached hydrogen (secondary N) is 1. The molecular weight excluding hydrogens is 438 g/mol. The summed E-state index contributed by atoms with van der Waals surface area (Å²) in [7, 11) is 0. The number of nitrogens with two attached hydrogens (primary N) is 3. The highest BCUT2D eigenvalue weighted by atomic mass is 32.2. The van der Waals surface area contributed by atoms with Gasteiger partial charge < -0.3 is 22.5 Å². The summed E-state index contributed by atoms with van der Waals surface area (Å²) in [4.78, 5) is 20.1. The number of unbranched alkanes of at least 4 members (excludes halogenated alkanes) is 4. The van der Waals surface area contributed by atoms with E-state index in [4.69, 9.17) is 17.2 Å². The van der Waals surface area contributed by atoms with Crippen LogP contribution in [0.15, 0.2) is 0 Å². The van der Waals surface area contributed by atoms with Crippen molar-refractivity contribution in [1.82, 2.24) is 5.32 Å². The van der Waals surface area contributed by atoms with Crippen molar-refractivity contribution in [1.29, 1.82) is 0 Å². The van der Waals surface area contributed by atoms with Gasteiger partial charge in [0.2, 0.25) is 0 Å². The van der Waals surface area contributed by atoms with Crippen LogP contribution in [0.5, 0.6) is 0 Å². The maximum absolute atomic E-state index is 11.6. The van der Waals surface area contributed by atoms with Crippen LogP contribution in [0, 0.1) is 0 Å². The predicted molar refractivity (Wildman–Crippen MR) is 110 cm³/mol. The first-order valence-corrected chi connectivity index (χ1v) is 10.1. The molecule has 0 spiro atoms. The van der Waals surface area contributed by atoms with Crippen molar-refractivity contribution >= 4 is 22.8 Å². The minimum absolute atomic E-state index is 0. The first-order valence-electron chi connectivity index (χ1n) is 9.07. The van der Waals surface area contributed by atoms with Crippen molar-refractivity contribution < 1.29 is 35.9 Å². The number of rotatable bonds is 10. The Labute approximate surface area is 179 Å². The van der Waals surface area contributed by atoms with E-state index in [2.05, 4.69) is 0 Å². The van der Waals surface area contributed by atoms with Crippen LogP contribution in [0.2, 0.25) is 0 Å². The number of carbonyl (C=O) groups excluding carboxylic acids is 2. The normalized spacial score (nSPS) is 10.6. The van der Waals surface area contributed by atoms with Crippen molar-refractivity contribution in [2.45, 2.75) is 65.2 Å². The van der Waals surface area contributed by atoms with Gasteiger partial charge in [-0.1, -0.05) is 39.0 Å². The monoisotopic (exact) mass is 474 g/mol. The third-order valence-corrected chi connectivity index (χ3v) is 3.62. The van der Waals surface area contributed by atoms with E-state index in [1.807, 2.05) is 0 Å². The molecule has 0 saturated carbocycles. The first kappa shape index (κ1) is 36.3. The molecule has 0 saturated heterocycles. The molecule has 1 amide bonds. The Kier molecular flexibility index (Phi) is 27.4. The van der Waals surface area contributed by atoms with Crippen LogP contribution in [0.25, 0.3) is 0 Å². The van der Waals surface area contributed by atoms with Crippen LogP contribution < -0.4 is 22.5 Å². The minimum atomic E-state index is -4.77. The number of hydrogen-bond acceptors (Lipinski definition) is 6. The zero-order valence-electron chi connectivity index (χ0n) is 16.5. The molecule has 0 fully saturated rings. The van der Waals surface area contributed by atoms with Crippen LogP contribution >= 0.6 is 11.8 Å². The number of hydrogen-bond donors (Lipinski definition) is 4. The van der Waals surface area contributed by atoms with Crippen molar-refractivity contribution in [3.05, 3.63) is 0 Å². The van der Waals surface area contributed by atoms with Crippen LogP contribution in [0.4, 0.5) is 26.3 Å². The van der Waals surface area contributed by atoms with Gasteiger partial charge in [-0.05, 0) is 51.1 Å². The fourth-order valence-electron chi connectivity index (χ4n) is 1.43. The molecule has 0 radical (unpaired) electrons. The summed E-state index contributed by atoms with van der Waals surface area (Å²) in [5.74, 6) is -1.71. The van der Waals surface area contributed by atoms with Gasteiger partial charge in [0.25, 0.3) is 5.12 Å². The molecule has 0 atom stereocenters. The van der Waals surface area contributed by atoms with Gasteiger partial charge in [-0.2, -0.15) is 26.3 Å². The topological polar surface area (TPSA) is 124 Å². The smallest absolute Gasteiger partial charge is 0.348 e. The van der Waals surface area contributed by atoms with E-state index in [1.54, 1.807) is 5.32 Å². The van der Waals surface area contributed by atoms with Crippen molar-refractivity contribution in [2.24, 2.45) is 17.2 Å². The molecule has 0 aliphatic carbocycles. The van der Waals surface area contributed by atoms with Gasteiger partial charge in [-0.25, -0.2) is 0 Å². The number of alkyl halides is 6. The molecule has 7 N–H and O–H groups in total. The van der Waals surface area contributed by atoms with Gasteiger partial charge in [0.05, 0.1) is 0 Å². The third-order valence-electron chi connectivity index (χ3n) is 2.84. The Morgan fingerprint density at radius 3 is 1.43 bits per heavy atom. The van der Waals surface area contributed by atoms with E-state index in [9.17, 15) is 35.9 Å². The Morgan fingerprint density at radius 1 is 0.767 bits per heavy atom. The molecule has 0 rings (SSSR count). The van der Waals surface area contributed by atoms with E-state index in [0.717, 1.165) is 38.8 Å². The lowest BCUT2D eigenvalue weighted by Gasteiger charge is -2.06. The average Bonchev–Trinajstić information content (AvgIpc) is 2.61. The van der Waals surface area contributed by atoms with Gasteiger partial charge in [-0.3, -0.25) is 9.59 Å². The van der Waals surface area contributed by atoms with Gasteiger partial charge in [0, 0.05) is 6.54 Å². The Hall–Kier alpha value is -1.05. The number of carbonyl (C=O) groups is 2. The summed E-state index contributed by atoms with van der Waals surface area (Å²) in [6.07, 6.45) is -3.98. The van der Waals surface area contributed by atoms with Crippen molar-refractivity contribution in [2.75, 3.05) is 31.9 Å². The van der Waals surface area contributed by atoms with E-state index in [1.165, 1.54) is 13.3 Å². The Morgan fingerprint density at radius 2 is 1.17 bits per heavy atom. The van der Waals surface area contributed by atoms with Crippen LogP contribution in [-0.2, 0) is 9.59 Å². The van der Waals surface area contributed by atoms with Gasteiger partial charge >= 0.3 is 18.3 Å². The van der Waals surface area contributed by atoms with Crippen LogP contribution in [0.3, 0.4) is 0 Å². The van der Waals surface area contributed by atoms with E-state index in [0.29, 0.717) is 13.0 Å². The SMILES string of the molecule is C.CCSC(=O)C(F)(F)F.NCCCCCN.NCCCCCNC(=O)C(F)(F)F. The third kappa shape index (κ3) is 29.2. The highest BCUT2D eigenvalue weighted by molar-refractivity contribution is 8.13. The summed E-state index contributed by atoms with van der Waals surface area (Å²) in [5.41, 5.74) is 15.6. The molecule has 0 aliphatic heterocycles. The van der Waals surface area contributed by atoms with E-state index < -0.39 is 23.4 Å². The number of amides is 1. The fraction of sp³-hybridized carbons (Fsp3) is 0.882. The second-order valence-electron chi connectivity index (χ2n) is 5.46. The summed E-state index contributed by atoms with van der Waals surface area (Å²) < 4.78 is 68.6. The summed E-state index contributed by atoms with van der Waals surface area (Å²) >= 11 is 0.274. The van der Waals surface area contributed by atoms with Gasteiger partial charge in [0.1, 0.15) is 0 Å². The highest BCUT2D eigenvalue weighted by Gasteiger charge is 2.38. The zero-order chi connectivity index (χ0) is 23.3. The second-order valence-corrected chi connectivity index (χ2v) is 6.70. The number of thioether (sulfide) groups is 1. The molecule has 0 heterocycles. The molecule has 0 unspecified atom stereocenters. The predicted octanol–water partition coefficient (Wildman–Crippen LogP) is 3.33. The summed E-state index contributed by atoms with van der Waals surface area (Å²) in [6.45, 7) is 3.68. The first-order chi connectivity index (χ1) is 13.4. The summed E-state index contributed by atoms with van der Waals surface area (Å²) in [5, 5.41) is 0.0592. The molecule has 0 aliphatic rings. The molecule has 6 nitrogen and oxygen atoms in total. The lowest BCUT2D eigenvalue weighted by molar-refractivity contribution is -0.173. The standard InChI is InChI=1S/C7H13F3N2O.C5H14N2.C4H5F3OS.CH4/c8-7(9,10)6(13)12-5-3-1-2-4-11;6-4-2-1-3-5-7;1-2-9-3(8)4(5,6)7;/h1-5,11H2,(H,12,13);1-7H2;2H2,1H3;1H4. The molecule has 184 valence electrons. The zero-order valence-corrected chi connectivity index (χ0v) is 17.3. The molecule has 0 aromatic heterocycles. The molecule has 13 heteroatoms. The Bertz CT molecular complexity index is 407. The minimum Gasteiger partial charge on any atom is -0.348 e. The quantitative estimate of drug-likeness (QED) is 0.284. The lowest BCUT2D eigenvalue weighted by atomic mass is 10.2. The largest absolute Gasteiger partial charge is 0.471 e. The maximum Gasteiger partial charge on any atom is 0.471 e. The van der Waals surface area contributed by atoms with E-state index >= 15 is 0 Å². The van der Waals surface area contributed by atoms with Crippen LogP contribution in [-0.4, -0.2) is 55.3 Å². The fourth-order valence-corrected chi connectivity index (χ4v) is 1.85. The summed E-state index contributed by atoms with van der Waals surface area (Å²) in [6, 6.07) is 0. The van der Waals surface area contributed by atoms with Crippen molar-refractivity contribution in [3.8, 4) is 0 Å².